The van der Waals surface area contributed by atoms with Gasteiger partial charge in [0, 0.05) is 21.8 Å². The van der Waals surface area contributed by atoms with E-state index in [2.05, 4.69) is 20.9 Å². The number of fused-ring (bicyclic) bond motifs is 1. The maximum atomic E-state index is 4.89. The van der Waals surface area contributed by atoms with Gasteiger partial charge in [-0.3, -0.25) is 0 Å². The van der Waals surface area contributed by atoms with E-state index in [4.69, 9.17) is 10.1 Å². The van der Waals surface area contributed by atoms with E-state index < -0.39 is 0 Å². The van der Waals surface area contributed by atoms with Crippen molar-refractivity contribution in [2.75, 3.05) is 0 Å². The third-order valence-corrected chi connectivity index (χ3v) is 5.10. The lowest BCUT2D eigenvalue weighted by Gasteiger charge is -2.04. The van der Waals surface area contributed by atoms with Crippen LogP contribution in [0.5, 0.6) is 0 Å². The molecule has 134 valence electrons. The van der Waals surface area contributed by atoms with Gasteiger partial charge in [0.05, 0.1) is 11.1 Å². The summed E-state index contributed by atoms with van der Waals surface area (Å²) in [5, 5.41) is 5.82. The van der Waals surface area contributed by atoms with Crippen LogP contribution < -0.4 is 0 Å². The molecule has 0 amide bonds. The van der Waals surface area contributed by atoms with E-state index in [1.54, 1.807) is 0 Å². The molecule has 5 heteroatoms. The Bertz CT molecular complexity index is 1250. The summed E-state index contributed by atoms with van der Waals surface area (Å²) in [4.78, 5) is 9.48. The van der Waals surface area contributed by atoms with Crippen molar-refractivity contribution in [3.05, 3.63) is 95.6 Å². The monoisotopic (exact) mass is 426 g/mol. The largest absolute Gasteiger partial charge is 0.236 e. The summed E-state index contributed by atoms with van der Waals surface area (Å²) < 4.78 is 2.92. The molecular formula is C23H15BrN4. The van der Waals surface area contributed by atoms with Crippen molar-refractivity contribution in [2.24, 2.45) is 0 Å². The lowest BCUT2D eigenvalue weighted by atomic mass is 10.1. The Morgan fingerprint density at radius 1 is 0.714 bits per heavy atom. The van der Waals surface area contributed by atoms with Crippen LogP contribution in [0.2, 0.25) is 0 Å². The summed E-state index contributed by atoms with van der Waals surface area (Å²) >= 11 is 3.49. The van der Waals surface area contributed by atoms with E-state index in [0.29, 0.717) is 5.82 Å². The maximum absolute atomic E-state index is 4.89. The molecule has 0 aliphatic rings. The van der Waals surface area contributed by atoms with Gasteiger partial charge in [0.15, 0.2) is 11.5 Å². The highest BCUT2D eigenvalue weighted by Crippen LogP contribution is 2.30. The molecule has 0 aliphatic carbocycles. The zero-order chi connectivity index (χ0) is 18.9. The Kier molecular flexibility index (Phi) is 4.22. The Hall–Kier alpha value is -3.31. The average Bonchev–Trinajstić information content (AvgIpc) is 3.14. The maximum Gasteiger partial charge on any atom is 0.167 e. The third kappa shape index (κ3) is 3.00. The Balaban J connectivity index is 1.77. The van der Waals surface area contributed by atoms with Gasteiger partial charge in [-0.15, -0.1) is 0 Å². The number of aromatic nitrogens is 4. The first-order valence-electron chi connectivity index (χ1n) is 8.92. The molecule has 0 radical (unpaired) electrons. The minimum Gasteiger partial charge on any atom is -0.236 e. The van der Waals surface area contributed by atoms with Crippen LogP contribution in [0.25, 0.3) is 39.4 Å². The molecule has 0 unspecified atom stereocenters. The van der Waals surface area contributed by atoms with E-state index in [0.717, 1.165) is 38.0 Å². The quantitative estimate of drug-likeness (QED) is 0.360. The minimum absolute atomic E-state index is 0.688. The van der Waals surface area contributed by atoms with Gasteiger partial charge in [-0.05, 0) is 24.3 Å². The number of halogens is 1. The highest BCUT2D eigenvalue weighted by molar-refractivity contribution is 9.10. The number of hydrogen-bond acceptors (Lipinski definition) is 3. The van der Waals surface area contributed by atoms with Gasteiger partial charge < -0.3 is 0 Å². The Labute approximate surface area is 170 Å². The highest BCUT2D eigenvalue weighted by Gasteiger charge is 2.16. The third-order valence-electron chi connectivity index (χ3n) is 4.57. The molecule has 2 aromatic heterocycles. The molecule has 0 spiro atoms. The zero-order valence-corrected chi connectivity index (χ0v) is 16.4. The van der Waals surface area contributed by atoms with Crippen LogP contribution in [0.1, 0.15) is 0 Å². The van der Waals surface area contributed by atoms with Crippen molar-refractivity contribution in [3.63, 3.8) is 0 Å². The topological polar surface area (TPSA) is 43.6 Å². The Morgan fingerprint density at radius 2 is 1.39 bits per heavy atom. The van der Waals surface area contributed by atoms with Crippen LogP contribution in [-0.4, -0.2) is 19.7 Å². The summed E-state index contributed by atoms with van der Waals surface area (Å²) in [7, 11) is 0. The molecule has 0 fully saturated rings. The molecule has 0 bridgehead atoms. The number of hydrogen-bond donors (Lipinski definition) is 0. The van der Waals surface area contributed by atoms with E-state index in [9.17, 15) is 0 Å². The second kappa shape index (κ2) is 7.02. The van der Waals surface area contributed by atoms with E-state index >= 15 is 0 Å². The summed E-state index contributed by atoms with van der Waals surface area (Å²) in [6.07, 6.45) is 1.87. The fourth-order valence-corrected chi connectivity index (χ4v) is 3.46. The predicted molar refractivity (Wildman–Crippen MR) is 115 cm³/mol. The van der Waals surface area contributed by atoms with Crippen LogP contribution in [-0.2, 0) is 0 Å². The summed E-state index contributed by atoms with van der Waals surface area (Å²) in [5.41, 5.74) is 4.63. The van der Waals surface area contributed by atoms with Crippen molar-refractivity contribution < 1.29 is 0 Å². The molecule has 28 heavy (non-hydrogen) atoms. The summed E-state index contributed by atoms with van der Waals surface area (Å²) in [5.74, 6) is 0.688. The standard InChI is InChI=1S/C23H15BrN4/c24-18-13-11-16(12-14-18)21-20-15-25-22(17-7-3-1-4-8-17)26-23(20)28(27-21)19-9-5-2-6-10-19/h1-15H. The van der Waals surface area contributed by atoms with E-state index in [1.807, 2.05) is 95.8 Å². The zero-order valence-electron chi connectivity index (χ0n) is 14.8. The smallest absolute Gasteiger partial charge is 0.167 e. The van der Waals surface area contributed by atoms with Crippen molar-refractivity contribution in [2.45, 2.75) is 0 Å². The van der Waals surface area contributed by atoms with E-state index in [1.165, 1.54) is 0 Å². The van der Waals surface area contributed by atoms with Crippen molar-refractivity contribution >= 4 is 27.0 Å². The van der Waals surface area contributed by atoms with Gasteiger partial charge in [-0.2, -0.15) is 5.10 Å². The Morgan fingerprint density at radius 3 is 2.11 bits per heavy atom. The van der Waals surface area contributed by atoms with Crippen LogP contribution in [0.3, 0.4) is 0 Å². The van der Waals surface area contributed by atoms with Crippen LogP contribution in [0, 0.1) is 0 Å². The fourth-order valence-electron chi connectivity index (χ4n) is 3.20. The lowest BCUT2D eigenvalue weighted by Crippen LogP contribution is -1.99. The SMILES string of the molecule is Brc1ccc(-c2nn(-c3ccccc3)c3nc(-c4ccccc4)ncc23)cc1. The molecule has 0 saturated heterocycles. The average molecular weight is 427 g/mol. The minimum atomic E-state index is 0.688. The van der Waals surface area contributed by atoms with Crippen LogP contribution in [0.4, 0.5) is 0 Å². The molecule has 2 heterocycles. The molecular weight excluding hydrogens is 412 g/mol. The van der Waals surface area contributed by atoms with Gasteiger partial charge in [-0.25, -0.2) is 14.6 Å². The van der Waals surface area contributed by atoms with Crippen molar-refractivity contribution in [3.8, 4) is 28.3 Å². The number of para-hydroxylation sites is 1. The summed E-state index contributed by atoms with van der Waals surface area (Å²) in [6, 6.07) is 28.2. The highest BCUT2D eigenvalue weighted by atomic mass is 79.9. The first-order valence-corrected chi connectivity index (χ1v) is 9.71. The van der Waals surface area contributed by atoms with Gasteiger partial charge >= 0.3 is 0 Å². The number of nitrogens with zero attached hydrogens (tertiary/aromatic N) is 4. The van der Waals surface area contributed by atoms with Gasteiger partial charge in [0.2, 0.25) is 0 Å². The summed E-state index contributed by atoms with van der Waals surface area (Å²) in [6.45, 7) is 0. The second-order valence-corrected chi connectivity index (χ2v) is 7.32. The van der Waals surface area contributed by atoms with Gasteiger partial charge in [0.25, 0.3) is 0 Å². The molecule has 5 aromatic rings. The van der Waals surface area contributed by atoms with Gasteiger partial charge in [0.1, 0.15) is 5.69 Å². The molecule has 0 aliphatic heterocycles. The normalized spacial score (nSPS) is 11.0. The van der Waals surface area contributed by atoms with Gasteiger partial charge in [-0.1, -0.05) is 76.6 Å². The van der Waals surface area contributed by atoms with Crippen molar-refractivity contribution in [1.29, 1.82) is 0 Å². The molecule has 3 aromatic carbocycles. The first-order chi connectivity index (χ1) is 13.8. The lowest BCUT2D eigenvalue weighted by molar-refractivity contribution is 0.900. The predicted octanol–water partition coefficient (Wildman–Crippen LogP) is 5.91. The molecule has 5 rings (SSSR count). The fraction of sp³-hybridized carbons (Fsp3) is 0. The molecule has 0 N–H and O–H groups in total. The second-order valence-electron chi connectivity index (χ2n) is 6.40. The van der Waals surface area contributed by atoms with Crippen LogP contribution >= 0.6 is 15.9 Å². The van der Waals surface area contributed by atoms with Crippen molar-refractivity contribution in [1.82, 2.24) is 19.7 Å². The van der Waals surface area contributed by atoms with Crippen LogP contribution in [0.15, 0.2) is 95.6 Å². The van der Waals surface area contributed by atoms with E-state index in [-0.39, 0.29) is 0 Å². The first kappa shape index (κ1) is 16.8. The molecule has 0 atom stereocenters. The number of rotatable bonds is 3. The molecule has 0 saturated carbocycles. The molecule has 4 nitrogen and oxygen atoms in total. The number of benzene rings is 3.